The molecule has 0 atom stereocenters. The molecule has 0 amide bonds. The van der Waals surface area contributed by atoms with Crippen LogP contribution in [0.4, 0.5) is 0 Å². The van der Waals surface area contributed by atoms with E-state index < -0.39 is 0 Å². The maximum Gasteiger partial charge on any atom is 0.176 e. The highest BCUT2D eigenvalue weighted by Crippen LogP contribution is 2.22. The van der Waals surface area contributed by atoms with Gasteiger partial charge in [0.25, 0.3) is 0 Å². The number of hydrogen-bond donors (Lipinski definition) is 0. The third-order valence-corrected chi connectivity index (χ3v) is 4.85. The lowest BCUT2D eigenvalue weighted by molar-refractivity contribution is 0.0895. The van der Waals surface area contributed by atoms with E-state index in [-0.39, 0.29) is 5.78 Å². The third-order valence-electron chi connectivity index (χ3n) is 4.85. The van der Waals surface area contributed by atoms with Crippen molar-refractivity contribution in [2.24, 2.45) is 5.92 Å². The highest BCUT2D eigenvalue weighted by Gasteiger charge is 2.21. The number of hydrogen-bond acceptors (Lipinski definition) is 3. The second-order valence-electron chi connectivity index (χ2n) is 6.56. The van der Waals surface area contributed by atoms with Crippen molar-refractivity contribution in [3.63, 3.8) is 0 Å². The van der Waals surface area contributed by atoms with Crippen LogP contribution in [0.1, 0.15) is 28.8 Å². The Hall–Kier alpha value is -2.13. The lowest BCUT2D eigenvalue weighted by Gasteiger charge is -2.31. The molecular formula is C21H25NO2. The normalized spacial score (nSPS) is 16.0. The van der Waals surface area contributed by atoms with E-state index in [9.17, 15) is 4.79 Å². The van der Waals surface area contributed by atoms with E-state index in [1.807, 2.05) is 24.3 Å². The van der Waals surface area contributed by atoms with E-state index in [2.05, 4.69) is 35.2 Å². The molecule has 126 valence electrons. The third kappa shape index (κ3) is 4.45. The minimum Gasteiger partial charge on any atom is -0.497 e. The summed E-state index contributed by atoms with van der Waals surface area (Å²) in [6, 6.07) is 18.1. The Kier molecular flexibility index (Phi) is 5.65. The molecule has 0 saturated carbocycles. The van der Waals surface area contributed by atoms with Gasteiger partial charge >= 0.3 is 0 Å². The van der Waals surface area contributed by atoms with Gasteiger partial charge in [0.2, 0.25) is 0 Å². The Morgan fingerprint density at radius 2 is 1.71 bits per heavy atom. The van der Waals surface area contributed by atoms with Crippen LogP contribution >= 0.6 is 0 Å². The van der Waals surface area contributed by atoms with Crippen molar-refractivity contribution in [3.8, 4) is 5.75 Å². The Bertz CT molecular complexity index is 643. The minimum atomic E-state index is 0.194. The summed E-state index contributed by atoms with van der Waals surface area (Å²) in [7, 11) is 1.64. The predicted octanol–water partition coefficient (Wildman–Crippen LogP) is 3.83. The highest BCUT2D eigenvalue weighted by atomic mass is 16.5. The van der Waals surface area contributed by atoms with Crippen molar-refractivity contribution in [1.82, 2.24) is 4.90 Å². The number of benzene rings is 2. The van der Waals surface area contributed by atoms with Crippen LogP contribution < -0.4 is 4.74 Å². The minimum absolute atomic E-state index is 0.194. The van der Waals surface area contributed by atoms with Crippen molar-refractivity contribution in [2.75, 3.05) is 26.7 Å². The number of ketones is 1. The van der Waals surface area contributed by atoms with Gasteiger partial charge in [-0.05, 0) is 68.1 Å². The summed E-state index contributed by atoms with van der Waals surface area (Å²) < 4.78 is 5.14. The van der Waals surface area contributed by atoms with Gasteiger partial charge in [0.15, 0.2) is 5.78 Å². The van der Waals surface area contributed by atoms with E-state index in [4.69, 9.17) is 4.74 Å². The summed E-state index contributed by atoms with van der Waals surface area (Å²) in [5, 5.41) is 0. The van der Waals surface area contributed by atoms with Gasteiger partial charge in [0.05, 0.1) is 13.7 Å². The fourth-order valence-electron chi connectivity index (χ4n) is 3.37. The first kappa shape index (κ1) is 16.7. The fourth-order valence-corrected chi connectivity index (χ4v) is 3.37. The molecule has 0 spiro atoms. The molecule has 3 rings (SSSR count). The average Bonchev–Trinajstić information content (AvgIpc) is 2.64. The maximum atomic E-state index is 12.4. The van der Waals surface area contributed by atoms with Crippen molar-refractivity contribution >= 4 is 5.78 Å². The molecule has 0 bridgehead atoms. The number of rotatable bonds is 6. The topological polar surface area (TPSA) is 29.5 Å². The first-order valence-corrected chi connectivity index (χ1v) is 8.68. The first-order valence-electron chi connectivity index (χ1n) is 8.68. The number of ether oxygens (including phenoxy) is 1. The Labute approximate surface area is 144 Å². The number of carbonyl (C=O) groups is 1. The second kappa shape index (κ2) is 8.11. The summed E-state index contributed by atoms with van der Waals surface area (Å²) in [6.07, 6.45) is 3.50. The molecule has 0 N–H and O–H groups in total. The molecule has 1 heterocycles. The number of methoxy groups -OCH3 is 1. The van der Waals surface area contributed by atoms with E-state index >= 15 is 0 Å². The van der Waals surface area contributed by atoms with Gasteiger partial charge in [-0.3, -0.25) is 9.69 Å². The van der Waals surface area contributed by atoms with Crippen LogP contribution in [0.5, 0.6) is 5.75 Å². The average molecular weight is 323 g/mol. The monoisotopic (exact) mass is 323 g/mol. The smallest absolute Gasteiger partial charge is 0.176 e. The van der Waals surface area contributed by atoms with Crippen LogP contribution in [0.25, 0.3) is 0 Å². The molecule has 2 aromatic carbocycles. The quantitative estimate of drug-likeness (QED) is 0.757. The molecule has 0 unspecified atom stereocenters. The van der Waals surface area contributed by atoms with Gasteiger partial charge in [0.1, 0.15) is 5.75 Å². The lowest BCUT2D eigenvalue weighted by atomic mass is 9.90. The van der Waals surface area contributed by atoms with Gasteiger partial charge in [-0.1, -0.05) is 30.3 Å². The van der Waals surface area contributed by atoms with Crippen molar-refractivity contribution in [1.29, 1.82) is 0 Å². The van der Waals surface area contributed by atoms with Gasteiger partial charge < -0.3 is 4.74 Å². The van der Waals surface area contributed by atoms with Crippen LogP contribution in [0.3, 0.4) is 0 Å². The Balaban J connectivity index is 1.47. The lowest BCUT2D eigenvalue weighted by Crippen LogP contribution is -2.37. The number of nitrogens with zero attached hydrogens (tertiary/aromatic N) is 1. The number of Topliss-reactive ketones (excluding diaryl/α,β-unsaturated/α-hetero) is 1. The number of carbonyl (C=O) groups excluding carboxylic acids is 1. The molecule has 3 nitrogen and oxygen atoms in total. The highest BCUT2D eigenvalue weighted by molar-refractivity contribution is 5.97. The molecule has 0 aromatic heterocycles. The molecule has 1 saturated heterocycles. The van der Waals surface area contributed by atoms with E-state index in [1.54, 1.807) is 7.11 Å². The van der Waals surface area contributed by atoms with Crippen molar-refractivity contribution in [2.45, 2.75) is 19.3 Å². The summed E-state index contributed by atoms with van der Waals surface area (Å²) in [5.41, 5.74) is 2.19. The van der Waals surface area contributed by atoms with Crippen LogP contribution in [0.2, 0.25) is 0 Å². The maximum absolute atomic E-state index is 12.4. The number of likely N-dealkylation sites (tertiary alicyclic amines) is 1. The Morgan fingerprint density at radius 1 is 1.04 bits per heavy atom. The molecule has 1 aliphatic rings. The van der Waals surface area contributed by atoms with E-state index in [0.717, 1.165) is 36.7 Å². The van der Waals surface area contributed by atoms with E-state index in [1.165, 1.54) is 18.4 Å². The van der Waals surface area contributed by atoms with Crippen LogP contribution in [-0.2, 0) is 6.42 Å². The van der Waals surface area contributed by atoms with Gasteiger partial charge in [-0.15, -0.1) is 0 Å². The van der Waals surface area contributed by atoms with Crippen LogP contribution in [-0.4, -0.2) is 37.4 Å². The van der Waals surface area contributed by atoms with Crippen LogP contribution in [0.15, 0.2) is 54.6 Å². The summed E-state index contributed by atoms with van der Waals surface area (Å²) >= 11 is 0. The molecule has 1 aliphatic heterocycles. The zero-order valence-electron chi connectivity index (χ0n) is 14.3. The summed E-state index contributed by atoms with van der Waals surface area (Å²) in [5.74, 6) is 1.71. The molecule has 2 aromatic rings. The standard InChI is InChI=1S/C21H25NO2/c1-24-20-9-7-19(8-10-20)21(23)16-22-13-11-18(12-14-22)15-17-5-3-2-4-6-17/h2-10,18H,11-16H2,1H3. The molecule has 3 heteroatoms. The summed E-state index contributed by atoms with van der Waals surface area (Å²) in [4.78, 5) is 14.7. The fraction of sp³-hybridized carbons (Fsp3) is 0.381. The first-order chi connectivity index (χ1) is 11.7. The summed E-state index contributed by atoms with van der Waals surface area (Å²) in [6.45, 7) is 2.54. The SMILES string of the molecule is COc1ccc(C(=O)CN2CCC(Cc3ccccc3)CC2)cc1. The van der Waals surface area contributed by atoms with Crippen molar-refractivity contribution < 1.29 is 9.53 Å². The van der Waals surface area contributed by atoms with Gasteiger partial charge in [0, 0.05) is 5.56 Å². The molecule has 0 aliphatic carbocycles. The largest absolute Gasteiger partial charge is 0.497 e. The van der Waals surface area contributed by atoms with Crippen molar-refractivity contribution in [3.05, 3.63) is 65.7 Å². The van der Waals surface area contributed by atoms with Gasteiger partial charge in [-0.25, -0.2) is 0 Å². The van der Waals surface area contributed by atoms with Gasteiger partial charge in [-0.2, -0.15) is 0 Å². The zero-order valence-corrected chi connectivity index (χ0v) is 14.3. The van der Waals surface area contributed by atoms with Crippen LogP contribution in [0, 0.1) is 5.92 Å². The zero-order chi connectivity index (χ0) is 16.8. The van der Waals surface area contributed by atoms with E-state index in [0.29, 0.717) is 6.54 Å². The Morgan fingerprint density at radius 3 is 2.33 bits per heavy atom. The molecule has 0 radical (unpaired) electrons. The molecule has 24 heavy (non-hydrogen) atoms. The molecular weight excluding hydrogens is 298 g/mol. The predicted molar refractivity (Wildman–Crippen MR) is 96.6 cm³/mol. The number of piperidine rings is 1. The molecule has 1 fully saturated rings. The second-order valence-corrected chi connectivity index (χ2v) is 6.56.